The number of carbonyl (C=O) groups excluding carboxylic acids is 1. The molecule has 0 bridgehead atoms. The number of hydrogen-bond donors (Lipinski definition) is 0. The van der Waals surface area contributed by atoms with Gasteiger partial charge in [-0.15, -0.1) is 11.3 Å². The van der Waals surface area contributed by atoms with Gasteiger partial charge in [0.25, 0.3) is 0 Å². The molecule has 0 N–H and O–H groups in total. The summed E-state index contributed by atoms with van der Waals surface area (Å²) in [7, 11) is 3.22. The molecule has 152 valence electrons. The number of nitrogens with zero attached hydrogens (tertiary/aromatic N) is 1. The Morgan fingerprint density at radius 2 is 1.93 bits per heavy atom. The molecule has 29 heavy (non-hydrogen) atoms. The zero-order valence-electron chi connectivity index (χ0n) is 16.6. The molecule has 0 aliphatic rings. The third-order valence-corrected chi connectivity index (χ3v) is 5.03. The van der Waals surface area contributed by atoms with Crippen LogP contribution in [-0.2, 0) is 22.7 Å². The van der Waals surface area contributed by atoms with E-state index in [1.165, 1.54) is 11.3 Å². The summed E-state index contributed by atoms with van der Waals surface area (Å²) < 4.78 is 21.5. The lowest BCUT2D eigenvalue weighted by molar-refractivity contribution is 0.0468. The van der Waals surface area contributed by atoms with Gasteiger partial charge in [-0.05, 0) is 42.8 Å². The number of ether oxygens (including phenoxy) is 4. The lowest BCUT2D eigenvalue weighted by atomic mass is 10.1. The first-order valence-corrected chi connectivity index (χ1v) is 10.0. The van der Waals surface area contributed by atoms with E-state index in [0.29, 0.717) is 36.0 Å². The standard InChI is InChI=1S/C22H23NO5S/c1-4-27-19-9-8-16(11-20(19)26-3)21-23-18(14-29-21)13-28-22(24)17-7-5-6-15(10-17)12-25-2/h5-11,14H,4,12-13H2,1-3H3. The molecule has 2 aromatic carbocycles. The maximum Gasteiger partial charge on any atom is 0.338 e. The van der Waals surface area contributed by atoms with Crippen LogP contribution in [0.15, 0.2) is 47.8 Å². The highest BCUT2D eigenvalue weighted by Gasteiger charge is 2.12. The molecular formula is C22H23NO5S. The fraction of sp³-hybridized carbons (Fsp3) is 0.273. The summed E-state index contributed by atoms with van der Waals surface area (Å²) in [6.07, 6.45) is 0. The van der Waals surface area contributed by atoms with Crippen LogP contribution in [0.2, 0.25) is 0 Å². The van der Waals surface area contributed by atoms with Crippen molar-refractivity contribution in [3.63, 3.8) is 0 Å². The summed E-state index contributed by atoms with van der Waals surface area (Å²) in [4.78, 5) is 16.9. The fourth-order valence-corrected chi connectivity index (χ4v) is 3.56. The Balaban J connectivity index is 1.66. The van der Waals surface area contributed by atoms with Gasteiger partial charge in [0.1, 0.15) is 11.6 Å². The number of rotatable bonds is 9. The largest absolute Gasteiger partial charge is 0.493 e. The summed E-state index contributed by atoms with van der Waals surface area (Å²) in [5, 5.41) is 2.70. The van der Waals surface area contributed by atoms with Gasteiger partial charge in [-0.3, -0.25) is 0 Å². The molecule has 0 fully saturated rings. The van der Waals surface area contributed by atoms with Crippen LogP contribution in [0.1, 0.15) is 28.5 Å². The zero-order chi connectivity index (χ0) is 20.6. The molecule has 0 aliphatic carbocycles. The molecule has 0 radical (unpaired) electrons. The van der Waals surface area contributed by atoms with Gasteiger partial charge in [0.05, 0.1) is 31.6 Å². The molecule has 0 unspecified atom stereocenters. The minimum atomic E-state index is -0.389. The van der Waals surface area contributed by atoms with Crippen molar-refractivity contribution in [2.75, 3.05) is 20.8 Å². The van der Waals surface area contributed by atoms with Crippen molar-refractivity contribution in [2.45, 2.75) is 20.1 Å². The normalized spacial score (nSPS) is 10.6. The summed E-state index contributed by atoms with van der Waals surface area (Å²) in [5.41, 5.74) is 3.02. The summed E-state index contributed by atoms with van der Waals surface area (Å²) >= 11 is 1.48. The Kier molecular flexibility index (Phi) is 7.21. The predicted octanol–water partition coefficient (Wildman–Crippen LogP) is 4.72. The molecule has 0 atom stereocenters. The summed E-state index contributed by atoms with van der Waals surface area (Å²) in [6, 6.07) is 12.9. The van der Waals surface area contributed by atoms with E-state index in [1.54, 1.807) is 26.4 Å². The van der Waals surface area contributed by atoms with Gasteiger partial charge in [0.15, 0.2) is 11.5 Å². The number of methoxy groups -OCH3 is 2. The summed E-state index contributed by atoms with van der Waals surface area (Å²) in [5.74, 6) is 0.962. The van der Waals surface area contributed by atoms with E-state index in [9.17, 15) is 4.79 Å². The second kappa shape index (κ2) is 10.0. The smallest absolute Gasteiger partial charge is 0.338 e. The molecule has 0 aliphatic heterocycles. The van der Waals surface area contributed by atoms with Crippen molar-refractivity contribution in [3.05, 3.63) is 64.7 Å². The van der Waals surface area contributed by atoms with Crippen LogP contribution >= 0.6 is 11.3 Å². The maximum atomic E-state index is 12.3. The van der Waals surface area contributed by atoms with Crippen LogP contribution < -0.4 is 9.47 Å². The quantitative estimate of drug-likeness (QED) is 0.473. The Hall–Kier alpha value is -2.90. The van der Waals surface area contributed by atoms with Crippen molar-refractivity contribution >= 4 is 17.3 Å². The lowest BCUT2D eigenvalue weighted by Crippen LogP contribution is -2.06. The van der Waals surface area contributed by atoms with E-state index in [-0.39, 0.29) is 12.6 Å². The topological polar surface area (TPSA) is 66.9 Å². The molecule has 0 saturated carbocycles. The van der Waals surface area contributed by atoms with Crippen LogP contribution in [0.4, 0.5) is 0 Å². The van der Waals surface area contributed by atoms with E-state index in [2.05, 4.69) is 4.98 Å². The first kappa shape index (κ1) is 20.8. The molecular weight excluding hydrogens is 390 g/mol. The molecule has 3 rings (SSSR count). The van der Waals surface area contributed by atoms with Crippen molar-refractivity contribution in [3.8, 4) is 22.1 Å². The van der Waals surface area contributed by atoms with E-state index in [4.69, 9.17) is 18.9 Å². The van der Waals surface area contributed by atoms with Crippen LogP contribution in [0, 0.1) is 0 Å². The monoisotopic (exact) mass is 413 g/mol. The van der Waals surface area contributed by atoms with Crippen molar-refractivity contribution in [2.24, 2.45) is 0 Å². The van der Waals surface area contributed by atoms with E-state index >= 15 is 0 Å². The zero-order valence-corrected chi connectivity index (χ0v) is 17.5. The van der Waals surface area contributed by atoms with Gasteiger partial charge >= 0.3 is 5.97 Å². The van der Waals surface area contributed by atoms with E-state index < -0.39 is 0 Å². The second-order valence-electron chi connectivity index (χ2n) is 6.15. The van der Waals surface area contributed by atoms with Crippen molar-refractivity contribution in [1.29, 1.82) is 0 Å². The second-order valence-corrected chi connectivity index (χ2v) is 7.01. The van der Waals surface area contributed by atoms with Crippen LogP contribution in [0.3, 0.4) is 0 Å². The number of benzene rings is 2. The van der Waals surface area contributed by atoms with Gasteiger partial charge in [0, 0.05) is 18.1 Å². The molecule has 7 heteroatoms. The number of esters is 1. The van der Waals surface area contributed by atoms with E-state index in [0.717, 1.165) is 16.1 Å². The van der Waals surface area contributed by atoms with Gasteiger partial charge in [-0.2, -0.15) is 0 Å². The SMILES string of the molecule is CCOc1ccc(-c2nc(COC(=O)c3cccc(COC)c3)cs2)cc1OC. The first-order valence-electron chi connectivity index (χ1n) is 9.15. The summed E-state index contributed by atoms with van der Waals surface area (Å²) in [6.45, 7) is 3.05. The Morgan fingerprint density at radius 1 is 1.07 bits per heavy atom. The van der Waals surface area contributed by atoms with Crippen LogP contribution in [-0.4, -0.2) is 31.8 Å². The van der Waals surface area contributed by atoms with Crippen LogP contribution in [0.5, 0.6) is 11.5 Å². The lowest BCUT2D eigenvalue weighted by Gasteiger charge is -2.10. The minimum absolute atomic E-state index is 0.109. The van der Waals surface area contributed by atoms with Gasteiger partial charge in [-0.25, -0.2) is 9.78 Å². The molecule has 3 aromatic rings. The minimum Gasteiger partial charge on any atom is -0.493 e. The third kappa shape index (κ3) is 5.34. The number of hydrogen-bond acceptors (Lipinski definition) is 7. The average molecular weight is 413 g/mol. The number of aromatic nitrogens is 1. The maximum absolute atomic E-state index is 12.3. The van der Waals surface area contributed by atoms with E-state index in [1.807, 2.05) is 42.6 Å². The molecule has 1 aromatic heterocycles. The van der Waals surface area contributed by atoms with Crippen molar-refractivity contribution < 1.29 is 23.7 Å². The highest BCUT2D eigenvalue weighted by Crippen LogP contribution is 2.33. The highest BCUT2D eigenvalue weighted by atomic mass is 32.1. The molecule has 6 nitrogen and oxygen atoms in total. The van der Waals surface area contributed by atoms with Crippen molar-refractivity contribution in [1.82, 2.24) is 4.98 Å². The molecule has 0 amide bonds. The highest BCUT2D eigenvalue weighted by molar-refractivity contribution is 7.13. The molecule has 0 spiro atoms. The Bertz CT molecular complexity index is 969. The molecule has 1 heterocycles. The number of carbonyl (C=O) groups is 1. The Morgan fingerprint density at radius 3 is 2.69 bits per heavy atom. The predicted molar refractivity (Wildman–Crippen MR) is 112 cm³/mol. The van der Waals surface area contributed by atoms with Gasteiger partial charge < -0.3 is 18.9 Å². The fourth-order valence-electron chi connectivity index (χ4n) is 2.76. The van der Waals surface area contributed by atoms with Gasteiger partial charge in [0.2, 0.25) is 0 Å². The van der Waals surface area contributed by atoms with Crippen LogP contribution in [0.25, 0.3) is 10.6 Å². The third-order valence-electron chi connectivity index (χ3n) is 4.09. The number of thiazole rings is 1. The average Bonchev–Trinajstić information content (AvgIpc) is 3.22. The first-order chi connectivity index (χ1) is 14.1. The molecule has 0 saturated heterocycles. The van der Waals surface area contributed by atoms with Gasteiger partial charge in [-0.1, -0.05) is 12.1 Å². The Labute approximate surface area is 174 Å².